The summed E-state index contributed by atoms with van der Waals surface area (Å²) < 4.78 is 0. The van der Waals surface area contributed by atoms with E-state index in [1.165, 1.54) is 18.9 Å². The topological polar surface area (TPSA) is 74.0 Å². The van der Waals surface area contributed by atoms with E-state index < -0.39 is 0 Å². The maximum absolute atomic E-state index is 12.1. The van der Waals surface area contributed by atoms with Gasteiger partial charge in [-0.15, -0.1) is 0 Å². The lowest BCUT2D eigenvalue weighted by Gasteiger charge is -2.08. The normalized spacial score (nSPS) is 13.9. The van der Waals surface area contributed by atoms with E-state index in [0.29, 0.717) is 6.04 Å². The molecule has 3 N–H and O–H groups in total. The summed E-state index contributed by atoms with van der Waals surface area (Å²) in [7, 11) is 0. The lowest BCUT2D eigenvalue weighted by atomic mass is 10.2. The van der Waals surface area contributed by atoms with E-state index in [-0.39, 0.29) is 17.2 Å². The van der Waals surface area contributed by atoms with E-state index >= 15 is 0 Å². The van der Waals surface area contributed by atoms with Gasteiger partial charge in [0, 0.05) is 24.3 Å². The summed E-state index contributed by atoms with van der Waals surface area (Å²) in [5.74, 6) is -0.319. The van der Waals surface area contributed by atoms with Crippen molar-refractivity contribution in [3.63, 3.8) is 0 Å². The van der Waals surface area contributed by atoms with Crippen LogP contribution in [0.3, 0.4) is 0 Å². The van der Waals surface area contributed by atoms with Crippen molar-refractivity contribution in [3.05, 3.63) is 64.1 Å². The van der Waals surface area contributed by atoms with Gasteiger partial charge in [-0.2, -0.15) is 0 Å². The standard InChI is InChI=1S/C16H17N3O2/c20-15-6-2-5-14(19-15)16(21)18-13-4-1-3-11(9-13)10-17-12-7-8-12/h1-6,9,12,17H,7-8,10H2,(H,18,21)(H,19,20). The minimum atomic E-state index is -0.319. The average molecular weight is 283 g/mol. The highest BCUT2D eigenvalue weighted by atomic mass is 16.2. The number of hydrogen-bond acceptors (Lipinski definition) is 3. The van der Waals surface area contributed by atoms with Crippen LogP contribution < -0.4 is 16.2 Å². The van der Waals surface area contributed by atoms with E-state index in [9.17, 15) is 9.59 Å². The van der Waals surface area contributed by atoms with E-state index in [0.717, 1.165) is 17.8 Å². The van der Waals surface area contributed by atoms with Gasteiger partial charge < -0.3 is 15.6 Å². The molecule has 1 aliphatic carbocycles. The molecule has 0 aliphatic heterocycles. The highest BCUT2D eigenvalue weighted by Gasteiger charge is 2.19. The van der Waals surface area contributed by atoms with Crippen LogP contribution in [-0.2, 0) is 6.54 Å². The molecule has 3 rings (SSSR count). The molecule has 1 heterocycles. The molecule has 21 heavy (non-hydrogen) atoms. The van der Waals surface area contributed by atoms with Gasteiger partial charge in [-0.1, -0.05) is 18.2 Å². The molecule has 1 aromatic heterocycles. The van der Waals surface area contributed by atoms with Crippen molar-refractivity contribution in [1.29, 1.82) is 0 Å². The Morgan fingerprint density at radius 2 is 2.00 bits per heavy atom. The van der Waals surface area contributed by atoms with Crippen LogP contribution in [-0.4, -0.2) is 16.9 Å². The number of rotatable bonds is 5. The van der Waals surface area contributed by atoms with Crippen molar-refractivity contribution >= 4 is 11.6 Å². The lowest BCUT2D eigenvalue weighted by molar-refractivity contribution is 0.102. The summed E-state index contributed by atoms with van der Waals surface area (Å²) in [6.45, 7) is 0.802. The molecule has 0 unspecified atom stereocenters. The van der Waals surface area contributed by atoms with Crippen molar-refractivity contribution in [3.8, 4) is 0 Å². The number of pyridine rings is 1. The van der Waals surface area contributed by atoms with Crippen LogP contribution in [0.15, 0.2) is 47.3 Å². The zero-order chi connectivity index (χ0) is 14.7. The number of aromatic amines is 1. The van der Waals surface area contributed by atoms with Crippen molar-refractivity contribution < 1.29 is 4.79 Å². The molecule has 0 atom stereocenters. The fourth-order valence-corrected chi connectivity index (χ4v) is 2.09. The zero-order valence-corrected chi connectivity index (χ0v) is 11.6. The first-order valence-corrected chi connectivity index (χ1v) is 7.04. The fourth-order valence-electron chi connectivity index (χ4n) is 2.09. The molecule has 1 amide bonds. The quantitative estimate of drug-likeness (QED) is 0.784. The van der Waals surface area contributed by atoms with Gasteiger partial charge in [0.2, 0.25) is 5.56 Å². The van der Waals surface area contributed by atoms with Crippen LogP contribution in [0.1, 0.15) is 28.9 Å². The predicted molar refractivity (Wildman–Crippen MR) is 81.3 cm³/mol. The van der Waals surface area contributed by atoms with Gasteiger partial charge in [-0.25, -0.2) is 0 Å². The number of carbonyl (C=O) groups is 1. The highest BCUT2D eigenvalue weighted by Crippen LogP contribution is 2.20. The summed E-state index contributed by atoms with van der Waals surface area (Å²) >= 11 is 0. The van der Waals surface area contributed by atoms with Crippen LogP contribution in [0.25, 0.3) is 0 Å². The second-order valence-electron chi connectivity index (χ2n) is 5.24. The number of benzene rings is 1. The third kappa shape index (κ3) is 3.79. The summed E-state index contributed by atoms with van der Waals surface area (Å²) in [6, 6.07) is 12.9. The van der Waals surface area contributed by atoms with Gasteiger partial charge in [0.25, 0.3) is 5.91 Å². The molecule has 5 nitrogen and oxygen atoms in total. The predicted octanol–water partition coefficient (Wildman–Crippen LogP) is 1.88. The van der Waals surface area contributed by atoms with Gasteiger partial charge >= 0.3 is 0 Å². The molecular weight excluding hydrogens is 266 g/mol. The molecule has 0 saturated heterocycles. The molecule has 1 aliphatic rings. The summed E-state index contributed by atoms with van der Waals surface area (Å²) in [4.78, 5) is 25.8. The molecule has 0 bridgehead atoms. The van der Waals surface area contributed by atoms with Gasteiger partial charge in [0.15, 0.2) is 0 Å². The number of aromatic nitrogens is 1. The number of carbonyl (C=O) groups excluding carboxylic acids is 1. The number of H-pyrrole nitrogens is 1. The fraction of sp³-hybridized carbons (Fsp3) is 0.250. The monoisotopic (exact) mass is 283 g/mol. The number of nitrogens with one attached hydrogen (secondary N) is 3. The van der Waals surface area contributed by atoms with Crippen molar-refractivity contribution in [1.82, 2.24) is 10.3 Å². The Kier molecular flexibility index (Phi) is 3.83. The molecule has 1 aromatic carbocycles. The molecule has 108 valence electrons. The Balaban J connectivity index is 1.67. The molecule has 1 fully saturated rings. The Bertz CT molecular complexity index is 704. The average Bonchev–Trinajstić information content (AvgIpc) is 3.30. The minimum absolute atomic E-state index is 0.254. The van der Waals surface area contributed by atoms with E-state index in [1.807, 2.05) is 24.3 Å². The molecule has 1 saturated carbocycles. The third-order valence-electron chi connectivity index (χ3n) is 3.37. The minimum Gasteiger partial charge on any atom is -0.321 e. The molecule has 5 heteroatoms. The van der Waals surface area contributed by atoms with Crippen LogP contribution in [0.4, 0.5) is 5.69 Å². The highest BCUT2D eigenvalue weighted by molar-refractivity contribution is 6.02. The van der Waals surface area contributed by atoms with Gasteiger partial charge in [-0.05, 0) is 36.6 Å². The van der Waals surface area contributed by atoms with E-state index in [4.69, 9.17) is 0 Å². The van der Waals surface area contributed by atoms with E-state index in [2.05, 4.69) is 15.6 Å². The summed E-state index contributed by atoms with van der Waals surface area (Å²) in [6.07, 6.45) is 2.50. The lowest BCUT2D eigenvalue weighted by Crippen LogP contribution is -2.18. The Hall–Kier alpha value is -2.40. The van der Waals surface area contributed by atoms with Gasteiger partial charge in [0.1, 0.15) is 5.69 Å². The molecule has 2 aromatic rings. The van der Waals surface area contributed by atoms with Gasteiger partial charge in [-0.3, -0.25) is 9.59 Å². The Labute approximate surface area is 122 Å². The second-order valence-corrected chi connectivity index (χ2v) is 5.24. The summed E-state index contributed by atoms with van der Waals surface area (Å²) in [5.41, 5.74) is 1.81. The largest absolute Gasteiger partial charge is 0.321 e. The smallest absolute Gasteiger partial charge is 0.272 e. The van der Waals surface area contributed by atoms with Crippen molar-refractivity contribution in [2.45, 2.75) is 25.4 Å². The second kappa shape index (κ2) is 5.93. The van der Waals surface area contributed by atoms with Crippen LogP contribution in [0.5, 0.6) is 0 Å². The van der Waals surface area contributed by atoms with Crippen molar-refractivity contribution in [2.24, 2.45) is 0 Å². The Morgan fingerprint density at radius 1 is 1.19 bits per heavy atom. The first-order chi connectivity index (χ1) is 10.2. The number of hydrogen-bond donors (Lipinski definition) is 3. The van der Waals surface area contributed by atoms with Crippen molar-refractivity contribution in [2.75, 3.05) is 5.32 Å². The maximum atomic E-state index is 12.1. The number of amides is 1. The van der Waals surface area contributed by atoms with Crippen LogP contribution >= 0.6 is 0 Å². The number of anilines is 1. The Morgan fingerprint density at radius 3 is 2.76 bits per heavy atom. The zero-order valence-electron chi connectivity index (χ0n) is 11.6. The molecule has 0 spiro atoms. The molecule has 0 radical (unpaired) electrons. The SMILES string of the molecule is O=C(Nc1cccc(CNC2CC2)c1)c1cccc(=O)[nH]1. The first-order valence-electron chi connectivity index (χ1n) is 7.04. The molecular formula is C16H17N3O2. The first kappa shape index (κ1) is 13.6. The van der Waals surface area contributed by atoms with E-state index in [1.54, 1.807) is 12.1 Å². The third-order valence-corrected chi connectivity index (χ3v) is 3.37. The van der Waals surface area contributed by atoms with Crippen LogP contribution in [0.2, 0.25) is 0 Å². The maximum Gasteiger partial charge on any atom is 0.272 e. The van der Waals surface area contributed by atoms with Gasteiger partial charge in [0.05, 0.1) is 0 Å². The van der Waals surface area contributed by atoms with Crippen LogP contribution in [0, 0.1) is 0 Å². The summed E-state index contributed by atoms with van der Waals surface area (Å²) in [5, 5.41) is 6.22.